The van der Waals surface area contributed by atoms with Crippen molar-refractivity contribution in [2.75, 3.05) is 31.7 Å². The van der Waals surface area contributed by atoms with Crippen LogP contribution in [-0.2, 0) is 4.74 Å². The molecule has 128 valence electrons. The Hall–Kier alpha value is -1.95. The van der Waals surface area contributed by atoms with Crippen LogP contribution in [0.3, 0.4) is 0 Å². The van der Waals surface area contributed by atoms with Gasteiger partial charge >= 0.3 is 0 Å². The van der Waals surface area contributed by atoms with Crippen LogP contribution in [0.1, 0.15) is 32.1 Å². The second kappa shape index (κ2) is 6.16. The number of morpholine rings is 1. The minimum absolute atomic E-state index is 0.0576. The van der Waals surface area contributed by atoms with Crippen LogP contribution >= 0.6 is 0 Å². The maximum Gasteiger partial charge on any atom is 0.167 e. The van der Waals surface area contributed by atoms with Crippen molar-refractivity contribution in [2.45, 2.75) is 37.7 Å². The van der Waals surface area contributed by atoms with Gasteiger partial charge in [0.25, 0.3) is 0 Å². The molecule has 2 heterocycles. The lowest BCUT2D eigenvalue weighted by atomic mass is 9.83. The number of nitrogens with zero attached hydrogens (tertiary/aromatic N) is 3. The van der Waals surface area contributed by atoms with Crippen molar-refractivity contribution in [3.63, 3.8) is 0 Å². The van der Waals surface area contributed by atoms with Gasteiger partial charge in [-0.3, -0.25) is 0 Å². The summed E-state index contributed by atoms with van der Waals surface area (Å²) in [4.78, 5) is 11.0. The van der Waals surface area contributed by atoms with Gasteiger partial charge in [0.05, 0.1) is 24.8 Å². The zero-order valence-corrected chi connectivity index (χ0v) is 13.9. The zero-order chi connectivity index (χ0) is 16.6. The molecule has 0 radical (unpaired) electrons. The quantitative estimate of drug-likeness (QED) is 0.845. The SMILES string of the molecule is COc1cc2c(N3CCOC4(CCCCC4)C3)ncnc2cc1F. The lowest BCUT2D eigenvalue weighted by Crippen LogP contribution is -2.53. The van der Waals surface area contributed by atoms with Crippen LogP contribution in [0.25, 0.3) is 10.9 Å². The molecule has 4 rings (SSSR count). The summed E-state index contributed by atoms with van der Waals surface area (Å²) in [6, 6.07) is 3.11. The molecular weight excluding hydrogens is 309 g/mol. The van der Waals surface area contributed by atoms with Crippen LogP contribution in [0.4, 0.5) is 10.2 Å². The predicted molar refractivity (Wildman–Crippen MR) is 90.0 cm³/mol. The molecule has 5 nitrogen and oxygen atoms in total. The Labute approximate surface area is 140 Å². The molecular formula is C18H22FN3O2. The number of fused-ring (bicyclic) bond motifs is 1. The molecule has 1 aromatic heterocycles. The first-order valence-corrected chi connectivity index (χ1v) is 8.58. The van der Waals surface area contributed by atoms with Gasteiger partial charge in [0, 0.05) is 24.5 Å². The molecule has 2 aliphatic rings. The molecule has 0 atom stereocenters. The van der Waals surface area contributed by atoms with Gasteiger partial charge in [0.1, 0.15) is 12.1 Å². The molecule has 1 aliphatic carbocycles. The Morgan fingerprint density at radius 3 is 2.83 bits per heavy atom. The van der Waals surface area contributed by atoms with Gasteiger partial charge in [-0.2, -0.15) is 0 Å². The molecule has 0 amide bonds. The summed E-state index contributed by atoms with van der Waals surface area (Å²) >= 11 is 0. The Kier molecular flexibility index (Phi) is 4.00. The molecule has 2 aromatic rings. The molecule has 2 fully saturated rings. The van der Waals surface area contributed by atoms with E-state index in [1.54, 1.807) is 6.07 Å². The van der Waals surface area contributed by atoms with Crippen molar-refractivity contribution in [3.05, 3.63) is 24.3 Å². The number of benzene rings is 1. The molecule has 0 N–H and O–H groups in total. The lowest BCUT2D eigenvalue weighted by Gasteiger charge is -2.45. The van der Waals surface area contributed by atoms with Crippen molar-refractivity contribution >= 4 is 16.7 Å². The third-order valence-electron chi connectivity index (χ3n) is 5.20. The van der Waals surface area contributed by atoms with E-state index in [1.165, 1.54) is 38.8 Å². The van der Waals surface area contributed by atoms with Crippen LogP contribution in [0.5, 0.6) is 5.75 Å². The summed E-state index contributed by atoms with van der Waals surface area (Å²) in [5, 5.41) is 0.823. The largest absolute Gasteiger partial charge is 0.494 e. The highest BCUT2D eigenvalue weighted by Crippen LogP contribution is 2.37. The molecule has 1 saturated heterocycles. The van der Waals surface area contributed by atoms with Crippen LogP contribution in [0.2, 0.25) is 0 Å². The summed E-state index contributed by atoms with van der Waals surface area (Å²) in [6.07, 6.45) is 7.44. The van der Waals surface area contributed by atoms with Gasteiger partial charge in [0.2, 0.25) is 0 Å². The van der Waals surface area contributed by atoms with E-state index in [9.17, 15) is 4.39 Å². The van der Waals surface area contributed by atoms with E-state index in [2.05, 4.69) is 14.9 Å². The van der Waals surface area contributed by atoms with E-state index >= 15 is 0 Å². The molecule has 0 bridgehead atoms. The lowest BCUT2D eigenvalue weighted by molar-refractivity contribution is -0.0783. The second-order valence-corrected chi connectivity index (χ2v) is 6.71. The van der Waals surface area contributed by atoms with E-state index in [4.69, 9.17) is 9.47 Å². The van der Waals surface area contributed by atoms with Crippen LogP contribution in [0, 0.1) is 5.82 Å². The van der Waals surface area contributed by atoms with Gasteiger partial charge in [-0.15, -0.1) is 0 Å². The number of aromatic nitrogens is 2. The van der Waals surface area contributed by atoms with Crippen molar-refractivity contribution < 1.29 is 13.9 Å². The topological polar surface area (TPSA) is 47.5 Å². The first-order valence-electron chi connectivity index (χ1n) is 8.58. The van der Waals surface area contributed by atoms with Gasteiger partial charge in [0.15, 0.2) is 11.6 Å². The molecule has 6 heteroatoms. The molecule has 0 unspecified atom stereocenters. The molecule has 1 spiro atoms. The Morgan fingerprint density at radius 1 is 1.21 bits per heavy atom. The highest BCUT2D eigenvalue weighted by molar-refractivity contribution is 5.90. The standard InChI is InChI=1S/C18H22FN3O2/c1-23-16-9-13-15(10-14(16)19)20-12-21-17(13)22-7-8-24-18(11-22)5-3-2-4-6-18/h9-10,12H,2-8,11H2,1H3. The van der Waals surface area contributed by atoms with E-state index in [0.717, 1.165) is 37.1 Å². The first-order chi connectivity index (χ1) is 11.7. The fourth-order valence-corrected chi connectivity index (χ4v) is 3.98. The number of anilines is 1. The van der Waals surface area contributed by atoms with Crippen molar-refractivity contribution in [3.8, 4) is 5.75 Å². The maximum absolute atomic E-state index is 14.0. The summed E-state index contributed by atoms with van der Waals surface area (Å²) in [7, 11) is 1.47. The molecule has 1 aliphatic heterocycles. The van der Waals surface area contributed by atoms with Crippen LogP contribution in [-0.4, -0.2) is 42.4 Å². The second-order valence-electron chi connectivity index (χ2n) is 6.71. The van der Waals surface area contributed by atoms with Gasteiger partial charge in [-0.05, 0) is 18.9 Å². The minimum Gasteiger partial charge on any atom is -0.494 e. The highest BCUT2D eigenvalue weighted by atomic mass is 19.1. The maximum atomic E-state index is 14.0. The molecule has 24 heavy (non-hydrogen) atoms. The summed E-state index contributed by atoms with van der Waals surface area (Å²) in [5.41, 5.74) is 0.542. The summed E-state index contributed by atoms with van der Waals surface area (Å²) < 4.78 is 25.3. The van der Waals surface area contributed by atoms with E-state index < -0.39 is 5.82 Å². The Bertz CT molecular complexity index is 741. The average Bonchev–Trinajstić information content (AvgIpc) is 2.61. The predicted octanol–water partition coefficient (Wildman–Crippen LogP) is 3.32. The number of methoxy groups -OCH3 is 1. The average molecular weight is 331 g/mol. The van der Waals surface area contributed by atoms with Crippen molar-refractivity contribution in [1.29, 1.82) is 0 Å². The molecule has 1 saturated carbocycles. The van der Waals surface area contributed by atoms with Gasteiger partial charge < -0.3 is 14.4 Å². The number of hydrogen-bond donors (Lipinski definition) is 0. The van der Waals surface area contributed by atoms with E-state index in [-0.39, 0.29) is 11.4 Å². The zero-order valence-electron chi connectivity index (χ0n) is 13.9. The van der Waals surface area contributed by atoms with E-state index in [0.29, 0.717) is 12.1 Å². The third kappa shape index (κ3) is 2.69. The fraction of sp³-hybridized carbons (Fsp3) is 0.556. The first kappa shape index (κ1) is 15.6. The monoisotopic (exact) mass is 331 g/mol. The normalized spacial score (nSPS) is 20.5. The fourth-order valence-electron chi connectivity index (χ4n) is 3.98. The van der Waals surface area contributed by atoms with E-state index in [1.807, 2.05) is 0 Å². The van der Waals surface area contributed by atoms with Gasteiger partial charge in [-0.1, -0.05) is 19.3 Å². The number of rotatable bonds is 2. The van der Waals surface area contributed by atoms with Crippen LogP contribution < -0.4 is 9.64 Å². The number of hydrogen-bond acceptors (Lipinski definition) is 5. The van der Waals surface area contributed by atoms with Crippen LogP contribution in [0.15, 0.2) is 18.5 Å². The number of ether oxygens (including phenoxy) is 2. The van der Waals surface area contributed by atoms with Gasteiger partial charge in [-0.25, -0.2) is 14.4 Å². The highest BCUT2D eigenvalue weighted by Gasteiger charge is 2.38. The number of halogens is 1. The summed E-state index contributed by atoms with van der Waals surface area (Å²) in [6.45, 7) is 2.32. The Balaban J connectivity index is 1.72. The van der Waals surface area contributed by atoms with Crippen molar-refractivity contribution in [1.82, 2.24) is 9.97 Å². The Morgan fingerprint density at radius 2 is 2.04 bits per heavy atom. The van der Waals surface area contributed by atoms with Crippen molar-refractivity contribution in [2.24, 2.45) is 0 Å². The molecule has 1 aromatic carbocycles. The minimum atomic E-state index is -0.402. The third-order valence-corrected chi connectivity index (χ3v) is 5.20. The summed E-state index contributed by atoms with van der Waals surface area (Å²) in [5.74, 6) is 0.658. The smallest absolute Gasteiger partial charge is 0.167 e.